The van der Waals surface area contributed by atoms with Crippen LogP contribution in [0.25, 0.3) is 0 Å². The quantitative estimate of drug-likeness (QED) is 0.876. The summed E-state index contributed by atoms with van der Waals surface area (Å²) in [6.07, 6.45) is 0.112. The Labute approximate surface area is 156 Å². The Balaban J connectivity index is 1.74. The molecule has 1 aliphatic heterocycles. The van der Waals surface area contributed by atoms with Crippen molar-refractivity contribution in [2.24, 2.45) is 5.92 Å². The molecule has 27 heavy (non-hydrogen) atoms. The zero-order valence-corrected chi connectivity index (χ0v) is 15.4. The number of hydrogen-bond acceptors (Lipinski definition) is 4. The summed E-state index contributed by atoms with van der Waals surface area (Å²) in [6, 6.07) is 9.34. The van der Waals surface area contributed by atoms with Crippen LogP contribution in [0.4, 0.5) is 15.8 Å². The van der Waals surface area contributed by atoms with Gasteiger partial charge in [-0.2, -0.15) is 0 Å². The second kappa shape index (κ2) is 7.65. The van der Waals surface area contributed by atoms with Crippen molar-refractivity contribution in [2.45, 2.75) is 13.3 Å². The third kappa shape index (κ3) is 3.86. The third-order valence-corrected chi connectivity index (χ3v) is 4.62. The number of rotatable bonds is 5. The molecule has 2 aromatic rings. The van der Waals surface area contributed by atoms with Gasteiger partial charge in [-0.05, 0) is 42.8 Å². The van der Waals surface area contributed by atoms with Gasteiger partial charge in [-0.1, -0.05) is 0 Å². The number of aryl methyl sites for hydroxylation is 1. The van der Waals surface area contributed by atoms with Gasteiger partial charge in [0.25, 0.3) is 0 Å². The number of benzene rings is 2. The monoisotopic (exact) mass is 372 g/mol. The Morgan fingerprint density at radius 3 is 2.56 bits per heavy atom. The molecule has 1 fully saturated rings. The second-order valence-electron chi connectivity index (χ2n) is 6.39. The van der Waals surface area contributed by atoms with E-state index >= 15 is 0 Å². The molecular weight excluding hydrogens is 351 g/mol. The predicted octanol–water partition coefficient (Wildman–Crippen LogP) is 3.14. The maximum atomic E-state index is 13.2. The van der Waals surface area contributed by atoms with Crippen LogP contribution < -0.4 is 19.7 Å². The molecule has 6 nitrogen and oxygen atoms in total. The lowest BCUT2D eigenvalue weighted by Crippen LogP contribution is -2.28. The Hall–Kier alpha value is -3.09. The molecule has 7 heteroatoms. The van der Waals surface area contributed by atoms with Gasteiger partial charge in [0.15, 0.2) is 11.5 Å². The molecule has 2 amide bonds. The number of ether oxygens (including phenoxy) is 2. The van der Waals surface area contributed by atoms with Gasteiger partial charge >= 0.3 is 0 Å². The molecule has 0 radical (unpaired) electrons. The number of carbonyl (C=O) groups is 2. The Kier molecular flexibility index (Phi) is 5.30. The number of carbonyl (C=O) groups excluding carboxylic acids is 2. The first-order chi connectivity index (χ1) is 12.9. The molecule has 1 heterocycles. The van der Waals surface area contributed by atoms with Crippen molar-refractivity contribution in [3.8, 4) is 11.5 Å². The molecule has 0 saturated carbocycles. The van der Waals surface area contributed by atoms with Crippen molar-refractivity contribution in [1.82, 2.24) is 0 Å². The van der Waals surface area contributed by atoms with E-state index in [-0.39, 0.29) is 30.6 Å². The summed E-state index contributed by atoms with van der Waals surface area (Å²) >= 11 is 0. The lowest BCUT2D eigenvalue weighted by molar-refractivity contribution is -0.122. The van der Waals surface area contributed by atoms with E-state index < -0.39 is 5.92 Å². The zero-order valence-electron chi connectivity index (χ0n) is 15.4. The predicted molar refractivity (Wildman–Crippen MR) is 99.8 cm³/mol. The first-order valence-corrected chi connectivity index (χ1v) is 8.52. The summed E-state index contributed by atoms with van der Waals surface area (Å²) in [5, 5.41) is 2.78. The second-order valence-corrected chi connectivity index (χ2v) is 6.39. The van der Waals surface area contributed by atoms with Crippen molar-refractivity contribution >= 4 is 23.2 Å². The minimum atomic E-state index is -0.491. The van der Waals surface area contributed by atoms with Gasteiger partial charge in [-0.25, -0.2) is 4.39 Å². The van der Waals surface area contributed by atoms with Crippen molar-refractivity contribution in [1.29, 1.82) is 0 Å². The van der Waals surface area contributed by atoms with Crippen LogP contribution in [0.1, 0.15) is 12.0 Å². The molecule has 0 spiro atoms. The number of nitrogens with one attached hydrogen (secondary N) is 1. The van der Waals surface area contributed by atoms with Crippen LogP contribution in [0.3, 0.4) is 0 Å². The molecule has 1 unspecified atom stereocenters. The van der Waals surface area contributed by atoms with E-state index in [1.807, 2.05) is 0 Å². The molecule has 1 saturated heterocycles. The molecule has 1 atom stereocenters. The summed E-state index contributed by atoms with van der Waals surface area (Å²) in [5.41, 5.74) is 1.81. The lowest BCUT2D eigenvalue weighted by Gasteiger charge is -2.18. The molecule has 3 rings (SSSR count). The van der Waals surface area contributed by atoms with E-state index in [0.717, 1.165) is 0 Å². The lowest BCUT2D eigenvalue weighted by atomic mass is 10.1. The molecule has 2 aromatic carbocycles. The standard InChI is InChI=1S/C20H21FN2O4/c1-12-8-14(21)4-6-16(12)22-20(25)13-9-19(24)23(11-13)15-5-7-17(26-2)18(10-15)27-3/h4-8,10,13H,9,11H2,1-3H3,(H,22,25). The Bertz CT molecular complexity index is 884. The highest BCUT2D eigenvalue weighted by molar-refractivity contribution is 6.03. The van der Waals surface area contributed by atoms with Gasteiger partial charge in [0, 0.05) is 30.4 Å². The molecule has 142 valence electrons. The van der Waals surface area contributed by atoms with Crippen molar-refractivity contribution in [3.63, 3.8) is 0 Å². The number of halogens is 1. The Morgan fingerprint density at radius 2 is 1.89 bits per heavy atom. The maximum Gasteiger partial charge on any atom is 0.229 e. The van der Waals surface area contributed by atoms with Gasteiger partial charge in [0.1, 0.15) is 5.82 Å². The fraction of sp³-hybridized carbons (Fsp3) is 0.300. The molecule has 1 aliphatic rings. The number of methoxy groups -OCH3 is 2. The first kappa shape index (κ1) is 18.7. The minimum absolute atomic E-state index is 0.112. The fourth-order valence-corrected chi connectivity index (χ4v) is 3.13. The summed E-state index contributed by atoms with van der Waals surface area (Å²) in [7, 11) is 3.06. The molecule has 1 N–H and O–H groups in total. The van der Waals surface area contributed by atoms with E-state index in [0.29, 0.717) is 28.4 Å². The molecule has 0 aromatic heterocycles. The van der Waals surface area contributed by atoms with E-state index in [2.05, 4.69) is 5.32 Å². The summed E-state index contributed by atoms with van der Waals surface area (Å²) in [6.45, 7) is 1.98. The smallest absolute Gasteiger partial charge is 0.229 e. The first-order valence-electron chi connectivity index (χ1n) is 8.52. The summed E-state index contributed by atoms with van der Waals surface area (Å²) in [5.74, 6) is -0.179. The average Bonchev–Trinajstić information content (AvgIpc) is 3.05. The largest absolute Gasteiger partial charge is 0.493 e. The van der Waals surface area contributed by atoms with E-state index in [4.69, 9.17) is 9.47 Å². The van der Waals surface area contributed by atoms with Crippen LogP contribution >= 0.6 is 0 Å². The molecule has 0 bridgehead atoms. The maximum absolute atomic E-state index is 13.2. The van der Waals surface area contributed by atoms with Crippen LogP contribution in [0, 0.1) is 18.7 Å². The third-order valence-electron chi connectivity index (χ3n) is 4.62. The van der Waals surface area contributed by atoms with Gasteiger partial charge in [-0.3, -0.25) is 9.59 Å². The van der Waals surface area contributed by atoms with Gasteiger partial charge in [0.2, 0.25) is 11.8 Å². The van der Waals surface area contributed by atoms with Crippen LogP contribution in [0.5, 0.6) is 11.5 Å². The zero-order chi connectivity index (χ0) is 19.6. The van der Waals surface area contributed by atoms with Crippen molar-refractivity contribution in [3.05, 3.63) is 47.8 Å². The molecular formula is C20H21FN2O4. The summed E-state index contributed by atoms with van der Waals surface area (Å²) < 4.78 is 23.7. The number of nitrogens with zero attached hydrogens (tertiary/aromatic N) is 1. The van der Waals surface area contributed by atoms with Crippen LogP contribution in [0.2, 0.25) is 0 Å². The Morgan fingerprint density at radius 1 is 1.15 bits per heavy atom. The van der Waals surface area contributed by atoms with Crippen LogP contribution in [0.15, 0.2) is 36.4 Å². The number of hydrogen-bond donors (Lipinski definition) is 1. The van der Waals surface area contributed by atoms with E-state index in [9.17, 15) is 14.0 Å². The number of anilines is 2. The van der Waals surface area contributed by atoms with E-state index in [1.54, 1.807) is 30.0 Å². The van der Waals surface area contributed by atoms with Crippen LogP contribution in [-0.2, 0) is 9.59 Å². The average molecular weight is 372 g/mol. The molecule has 0 aliphatic carbocycles. The van der Waals surface area contributed by atoms with E-state index in [1.165, 1.54) is 32.4 Å². The summed E-state index contributed by atoms with van der Waals surface area (Å²) in [4.78, 5) is 26.6. The number of amides is 2. The minimum Gasteiger partial charge on any atom is -0.493 e. The van der Waals surface area contributed by atoms with Crippen LogP contribution in [-0.4, -0.2) is 32.6 Å². The highest BCUT2D eigenvalue weighted by Gasteiger charge is 2.35. The van der Waals surface area contributed by atoms with Gasteiger partial charge in [0.05, 0.1) is 20.1 Å². The fourth-order valence-electron chi connectivity index (χ4n) is 3.13. The normalized spacial score (nSPS) is 16.4. The SMILES string of the molecule is COc1ccc(N2CC(C(=O)Nc3ccc(F)cc3C)CC2=O)cc1OC. The highest BCUT2D eigenvalue weighted by Crippen LogP contribution is 2.34. The van der Waals surface area contributed by atoms with Crippen molar-refractivity contribution < 1.29 is 23.5 Å². The topological polar surface area (TPSA) is 67.9 Å². The highest BCUT2D eigenvalue weighted by atomic mass is 19.1. The van der Waals surface area contributed by atoms with Gasteiger partial charge in [-0.15, -0.1) is 0 Å². The van der Waals surface area contributed by atoms with Crippen molar-refractivity contribution in [2.75, 3.05) is 31.0 Å². The van der Waals surface area contributed by atoms with Gasteiger partial charge < -0.3 is 19.7 Å².